The van der Waals surface area contributed by atoms with Crippen LogP contribution >= 0.6 is 24.0 Å². The first-order valence-corrected chi connectivity index (χ1v) is 6.22. The van der Waals surface area contributed by atoms with Crippen LogP contribution in [0.25, 0.3) is 0 Å². The third-order valence-electron chi connectivity index (χ3n) is 2.47. The molecule has 1 aromatic carbocycles. The minimum absolute atomic E-state index is 0. The van der Waals surface area contributed by atoms with E-state index in [-0.39, 0.29) is 42.2 Å². The zero-order valence-corrected chi connectivity index (χ0v) is 14.8. The lowest BCUT2D eigenvalue weighted by Crippen LogP contribution is -2.32. The maximum absolute atomic E-state index is 12.4. The van der Waals surface area contributed by atoms with E-state index in [1.54, 1.807) is 6.07 Å². The molecule has 0 unspecified atom stereocenters. The van der Waals surface area contributed by atoms with E-state index < -0.39 is 6.61 Å². The molecule has 3 N–H and O–H groups in total. The summed E-state index contributed by atoms with van der Waals surface area (Å²) >= 11 is 0. The van der Waals surface area contributed by atoms with E-state index in [1.165, 1.54) is 19.2 Å². The largest absolute Gasteiger partial charge is 0.497 e. The molecule has 0 atom stereocenters. The van der Waals surface area contributed by atoms with Crippen molar-refractivity contribution >= 4 is 29.9 Å². The van der Waals surface area contributed by atoms with Gasteiger partial charge in [0.1, 0.15) is 11.5 Å². The molecule has 0 aromatic heterocycles. The van der Waals surface area contributed by atoms with Crippen LogP contribution in [0.1, 0.15) is 12.5 Å². The van der Waals surface area contributed by atoms with Gasteiger partial charge in [0.2, 0.25) is 0 Å². The molecular formula is C14H20F2IN3O2. The van der Waals surface area contributed by atoms with Gasteiger partial charge in [-0.1, -0.05) is 12.2 Å². The molecule has 5 nitrogen and oxygen atoms in total. The highest BCUT2D eigenvalue weighted by Crippen LogP contribution is 2.26. The number of halogens is 3. The number of guanidine groups is 1. The summed E-state index contributed by atoms with van der Waals surface area (Å²) in [7, 11) is 1.48. The van der Waals surface area contributed by atoms with Gasteiger partial charge in [-0.2, -0.15) is 8.78 Å². The van der Waals surface area contributed by atoms with Crippen LogP contribution in [0.15, 0.2) is 35.3 Å². The van der Waals surface area contributed by atoms with Crippen LogP contribution in [0, 0.1) is 0 Å². The Morgan fingerprint density at radius 1 is 1.45 bits per heavy atom. The van der Waals surface area contributed by atoms with Crippen LogP contribution in [0.5, 0.6) is 11.5 Å². The molecule has 0 fully saturated rings. The summed E-state index contributed by atoms with van der Waals surface area (Å²) in [5, 5.41) is 2.85. The smallest absolute Gasteiger partial charge is 0.387 e. The molecule has 1 rings (SSSR count). The van der Waals surface area contributed by atoms with Gasteiger partial charge in [0.05, 0.1) is 13.7 Å². The van der Waals surface area contributed by atoms with Gasteiger partial charge in [0.15, 0.2) is 5.96 Å². The molecule has 124 valence electrons. The number of hydrogen-bond acceptors (Lipinski definition) is 3. The van der Waals surface area contributed by atoms with E-state index in [0.717, 1.165) is 5.57 Å². The SMILES string of the molecule is C=C(C)CNC(N)=NCc1cc(OC)ccc1OC(F)F.I. The highest BCUT2D eigenvalue weighted by molar-refractivity contribution is 14.0. The van der Waals surface area contributed by atoms with Crippen molar-refractivity contribution < 1.29 is 18.3 Å². The van der Waals surface area contributed by atoms with E-state index in [1.807, 2.05) is 6.92 Å². The van der Waals surface area contributed by atoms with E-state index in [4.69, 9.17) is 10.5 Å². The lowest BCUT2D eigenvalue weighted by atomic mass is 10.2. The summed E-state index contributed by atoms with van der Waals surface area (Å²) < 4.78 is 34.2. The fourth-order valence-electron chi connectivity index (χ4n) is 1.48. The van der Waals surface area contributed by atoms with Gasteiger partial charge in [-0.25, -0.2) is 4.99 Å². The van der Waals surface area contributed by atoms with Crippen molar-refractivity contribution in [3.8, 4) is 11.5 Å². The molecule has 0 spiro atoms. The number of benzene rings is 1. The number of alkyl halides is 2. The number of rotatable bonds is 7. The Kier molecular flexibility index (Phi) is 9.46. The van der Waals surface area contributed by atoms with Gasteiger partial charge in [-0.15, -0.1) is 24.0 Å². The van der Waals surface area contributed by atoms with E-state index in [9.17, 15) is 8.78 Å². The number of aliphatic imine (C=N–C) groups is 1. The molecule has 0 aliphatic heterocycles. The summed E-state index contributed by atoms with van der Waals surface area (Å²) in [5.41, 5.74) is 7.02. The Balaban J connectivity index is 0.00000441. The van der Waals surface area contributed by atoms with Gasteiger partial charge in [0, 0.05) is 12.1 Å². The fourth-order valence-corrected chi connectivity index (χ4v) is 1.48. The second-order valence-corrected chi connectivity index (χ2v) is 4.36. The Morgan fingerprint density at radius 3 is 2.68 bits per heavy atom. The van der Waals surface area contributed by atoms with Crippen molar-refractivity contribution in [2.75, 3.05) is 13.7 Å². The summed E-state index contributed by atoms with van der Waals surface area (Å²) in [6, 6.07) is 4.52. The average molecular weight is 427 g/mol. The number of hydrogen-bond donors (Lipinski definition) is 2. The predicted octanol–water partition coefficient (Wildman–Crippen LogP) is 2.90. The maximum Gasteiger partial charge on any atom is 0.387 e. The summed E-state index contributed by atoms with van der Waals surface area (Å²) in [4.78, 5) is 4.07. The zero-order valence-electron chi connectivity index (χ0n) is 12.4. The van der Waals surface area contributed by atoms with E-state index in [0.29, 0.717) is 17.9 Å². The number of ether oxygens (including phenoxy) is 2. The third kappa shape index (κ3) is 7.43. The van der Waals surface area contributed by atoms with Crippen molar-refractivity contribution in [1.29, 1.82) is 0 Å². The van der Waals surface area contributed by atoms with Crippen LogP contribution < -0.4 is 20.5 Å². The molecule has 0 heterocycles. The van der Waals surface area contributed by atoms with E-state index in [2.05, 4.69) is 21.6 Å². The highest BCUT2D eigenvalue weighted by atomic mass is 127. The molecule has 0 amide bonds. The highest BCUT2D eigenvalue weighted by Gasteiger charge is 2.10. The molecule has 0 bridgehead atoms. The standard InChI is InChI=1S/C14H19F2N3O2.HI/c1-9(2)7-18-14(17)19-8-10-6-11(20-3)4-5-12(10)21-13(15)16;/h4-6,13H,1,7-8H2,2-3H3,(H3,17,18,19);1H. The first kappa shape index (κ1) is 20.4. The van der Waals surface area contributed by atoms with Crippen molar-refractivity contribution in [3.63, 3.8) is 0 Å². The Morgan fingerprint density at radius 2 is 2.14 bits per heavy atom. The van der Waals surface area contributed by atoms with E-state index >= 15 is 0 Å². The lowest BCUT2D eigenvalue weighted by molar-refractivity contribution is -0.0504. The molecule has 1 aromatic rings. The fraction of sp³-hybridized carbons (Fsp3) is 0.357. The topological polar surface area (TPSA) is 68.9 Å². The average Bonchev–Trinajstić information content (AvgIpc) is 2.43. The van der Waals surface area contributed by atoms with Crippen LogP contribution in [0.3, 0.4) is 0 Å². The van der Waals surface area contributed by atoms with Crippen molar-refractivity contribution in [3.05, 3.63) is 35.9 Å². The molecule has 22 heavy (non-hydrogen) atoms. The second kappa shape index (κ2) is 10.2. The first-order valence-electron chi connectivity index (χ1n) is 6.22. The number of methoxy groups -OCH3 is 1. The Bertz CT molecular complexity index is 525. The Labute approximate surface area is 145 Å². The summed E-state index contributed by atoms with van der Waals surface area (Å²) in [5.74, 6) is 0.765. The molecule has 0 aliphatic rings. The van der Waals surface area contributed by atoms with Crippen molar-refractivity contribution in [1.82, 2.24) is 5.32 Å². The third-order valence-corrected chi connectivity index (χ3v) is 2.47. The second-order valence-electron chi connectivity index (χ2n) is 4.36. The number of nitrogens with one attached hydrogen (secondary N) is 1. The maximum atomic E-state index is 12.4. The summed E-state index contributed by atoms with van der Waals surface area (Å²) in [6.45, 7) is 3.25. The molecular weight excluding hydrogens is 407 g/mol. The van der Waals surface area contributed by atoms with Crippen LogP contribution in [0.4, 0.5) is 8.78 Å². The van der Waals surface area contributed by atoms with Gasteiger partial charge >= 0.3 is 6.61 Å². The molecule has 0 aliphatic carbocycles. The number of nitrogens with zero attached hydrogens (tertiary/aromatic N) is 1. The molecule has 0 radical (unpaired) electrons. The first-order chi connectivity index (χ1) is 9.92. The van der Waals surface area contributed by atoms with Gasteiger partial charge in [-0.05, 0) is 25.1 Å². The van der Waals surface area contributed by atoms with Crippen LogP contribution in [-0.4, -0.2) is 26.2 Å². The van der Waals surface area contributed by atoms with Gasteiger partial charge < -0.3 is 20.5 Å². The molecule has 8 heteroatoms. The minimum Gasteiger partial charge on any atom is -0.497 e. The Hall–Kier alpha value is -1.58. The van der Waals surface area contributed by atoms with Crippen molar-refractivity contribution in [2.45, 2.75) is 20.1 Å². The summed E-state index contributed by atoms with van der Waals surface area (Å²) in [6.07, 6.45) is 0. The predicted molar refractivity (Wildman–Crippen MR) is 93.2 cm³/mol. The van der Waals surface area contributed by atoms with Crippen LogP contribution in [0.2, 0.25) is 0 Å². The lowest BCUT2D eigenvalue weighted by Gasteiger charge is -2.11. The van der Waals surface area contributed by atoms with Crippen LogP contribution in [-0.2, 0) is 6.54 Å². The zero-order chi connectivity index (χ0) is 15.8. The van der Waals surface area contributed by atoms with Crippen molar-refractivity contribution in [2.24, 2.45) is 10.7 Å². The number of nitrogens with two attached hydrogens (primary N) is 1. The quantitative estimate of drug-likeness (QED) is 0.304. The molecule has 0 saturated carbocycles. The molecule has 0 saturated heterocycles. The van der Waals surface area contributed by atoms with Gasteiger partial charge in [-0.3, -0.25) is 0 Å². The minimum atomic E-state index is -2.90. The van der Waals surface area contributed by atoms with Gasteiger partial charge in [0.25, 0.3) is 0 Å². The monoisotopic (exact) mass is 427 g/mol. The normalized spacial score (nSPS) is 10.9.